The van der Waals surface area contributed by atoms with Crippen LogP contribution >= 0.6 is 0 Å². The average Bonchev–Trinajstić information content (AvgIpc) is 2.72. The number of nitriles is 1. The van der Waals surface area contributed by atoms with Crippen LogP contribution in [0.1, 0.15) is 22.3 Å². The van der Waals surface area contributed by atoms with Gasteiger partial charge < -0.3 is 9.64 Å². The van der Waals surface area contributed by atoms with Crippen molar-refractivity contribution in [1.82, 2.24) is 4.31 Å². The van der Waals surface area contributed by atoms with E-state index >= 15 is 0 Å². The van der Waals surface area contributed by atoms with Crippen LogP contribution in [0.25, 0.3) is 0 Å². The van der Waals surface area contributed by atoms with Gasteiger partial charge >= 0.3 is 6.18 Å². The van der Waals surface area contributed by atoms with Crippen LogP contribution in [0.3, 0.4) is 0 Å². The van der Waals surface area contributed by atoms with Crippen molar-refractivity contribution in [1.29, 1.82) is 5.26 Å². The summed E-state index contributed by atoms with van der Waals surface area (Å²) in [6, 6.07) is 9.61. The summed E-state index contributed by atoms with van der Waals surface area (Å²) >= 11 is 0. The number of rotatable bonds is 5. The Kier molecular flexibility index (Phi) is 6.83. The van der Waals surface area contributed by atoms with Crippen LogP contribution in [0.2, 0.25) is 0 Å². The van der Waals surface area contributed by atoms with Crippen LogP contribution < -0.4 is 4.90 Å². The first-order valence-electron chi connectivity index (χ1n) is 9.93. The highest BCUT2D eigenvalue weighted by atomic mass is 32.2. The van der Waals surface area contributed by atoms with Crippen molar-refractivity contribution in [3.63, 3.8) is 0 Å². The van der Waals surface area contributed by atoms with Crippen LogP contribution in [0.4, 0.5) is 18.9 Å². The molecule has 1 heterocycles. The molecule has 0 aliphatic carbocycles. The smallest absolute Gasteiger partial charge is 0.383 e. The Morgan fingerprint density at radius 2 is 1.88 bits per heavy atom. The number of hydrogen-bond acceptors (Lipinski definition) is 5. The number of halogens is 3. The lowest BCUT2D eigenvalue weighted by Gasteiger charge is -2.41. The van der Waals surface area contributed by atoms with Gasteiger partial charge in [0.25, 0.3) is 0 Å². The van der Waals surface area contributed by atoms with E-state index in [0.29, 0.717) is 5.56 Å². The van der Waals surface area contributed by atoms with Crippen LogP contribution in [0.15, 0.2) is 41.3 Å². The standard InChI is InChI=1S/C22H24F3N3O3S/c1-15-4-7-21(16(2)10-15)32(29,30)28-9-8-27(13-19(28)14-31-3)18-6-5-17(12-26)20(11-18)22(23,24)25/h4-7,10-11,19H,8-9,13-14H2,1-3H3. The van der Waals surface area contributed by atoms with Crippen molar-refractivity contribution in [2.45, 2.75) is 31.0 Å². The summed E-state index contributed by atoms with van der Waals surface area (Å²) in [7, 11) is -2.38. The minimum Gasteiger partial charge on any atom is -0.383 e. The van der Waals surface area contributed by atoms with Crippen molar-refractivity contribution >= 4 is 15.7 Å². The van der Waals surface area contributed by atoms with E-state index in [1.165, 1.54) is 17.5 Å². The molecule has 0 amide bonds. The number of methoxy groups -OCH3 is 1. The predicted octanol–water partition coefficient (Wildman–Crippen LogP) is 3.72. The number of alkyl halides is 3. The molecule has 0 bridgehead atoms. The Bertz CT molecular complexity index is 1140. The molecule has 1 aliphatic heterocycles. The topological polar surface area (TPSA) is 73.6 Å². The Morgan fingerprint density at radius 1 is 1.16 bits per heavy atom. The molecule has 172 valence electrons. The molecule has 1 atom stereocenters. The summed E-state index contributed by atoms with van der Waals surface area (Å²) in [5.74, 6) is 0. The van der Waals surface area contributed by atoms with Crippen LogP contribution in [0.5, 0.6) is 0 Å². The molecule has 0 N–H and O–H groups in total. The lowest BCUT2D eigenvalue weighted by Crippen LogP contribution is -2.57. The van der Waals surface area contributed by atoms with Crippen molar-refractivity contribution in [3.8, 4) is 6.07 Å². The van der Waals surface area contributed by atoms with E-state index in [0.717, 1.165) is 17.7 Å². The third kappa shape index (κ3) is 4.75. The molecule has 6 nitrogen and oxygen atoms in total. The van der Waals surface area contributed by atoms with E-state index < -0.39 is 33.4 Å². The molecule has 0 aromatic heterocycles. The summed E-state index contributed by atoms with van der Waals surface area (Å²) in [4.78, 5) is 1.89. The average molecular weight is 468 g/mol. The fraction of sp³-hybridized carbons (Fsp3) is 0.409. The van der Waals surface area contributed by atoms with E-state index in [1.54, 1.807) is 36.1 Å². The third-order valence-electron chi connectivity index (χ3n) is 5.50. The minimum atomic E-state index is -4.67. The van der Waals surface area contributed by atoms with Gasteiger partial charge in [0, 0.05) is 32.4 Å². The van der Waals surface area contributed by atoms with Crippen LogP contribution in [0, 0.1) is 25.2 Å². The second-order valence-corrected chi connectivity index (χ2v) is 9.64. The fourth-order valence-corrected chi connectivity index (χ4v) is 5.79. The molecule has 2 aromatic carbocycles. The van der Waals surface area contributed by atoms with Gasteiger partial charge in [0.15, 0.2) is 0 Å². The predicted molar refractivity (Wildman–Crippen MR) is 114 cm³/mol. The Balaban J connectivity index is 1.93. The number of hydrogen-bond donors (Lipinski definition) is 0. The molecule has 10 heteroatoms. The van der Waals surface area contributed by atoms with E-state index in [-0.39, 0.29) is 36.8 Å². The van der Waals surface area contributed by atoms with Gasteiger partial charge in [0.05, 0.1) is 34.7 Å². The third-order valence-corrected chi connectivity index (χ3v) is 7.61. The highest BCUT2D eigenvalue weighted by Gasteiger charge is 2.38. The molecule has 1 saturated heterocycles. The summed E-state index contributed by atoms with van der Waals surface area (Å²) in [5.41, 5.74) is 0.393. The highest BCUT2D eigenvalue weighted by Crippen LogP contribution is 2.35. The number of nitrogens with zero attached hydrogens (tertiary/aromatic N) is 3. The zero-order chi connectivity index (χ0) is 23.7. The maximum atomic E-state index is 13.4. The van der Waals surface area contributed by atoms with Crippen molar-refractivity contribution < 1.29 is 26.3 Å². The van der Waals surface area contributed by atoms with Crippen molar-refractivity contribution in [2.24, 2.45) is 0 Å². The first-order chi connectivity index (χ1) is 15.0. The molecule has 0 spiro atoms. The molecule has 3 rings (SSSR count). The molecule has 1 fully saturated rings. The van der Waals surface area contributed by atoms with Crippen LogP contribution in [-0.4, -0.2) is 52.1 Å². The first kappa shape index (κ1) is 24.0. The summed E-state index contributed by atoms with van der Waals surface area (Å²) in [5, 5.41) is 9.01. The number of ether oxygens (including phenoxy) is 1. The van der Waals surface area contributed by atoms with Gasteiger partial charge in [-0.25, -0.2) is 8.42 Å². The van der Waals surface area contributed by atoms with Gasteiger partial charge in [0.2, 0.25) is 10.0 Å². The van der Waals surface area contributed by atoms with E-state index in [2.05, 4.69) is 0 Å². The van der Waals surface area contributed by atoms with Crippen molar-refractivity contribution in [3.05, 3.63) is 58.7 Å². The van der Waals surface area contributed by atoms with Gasteiger partial charge in [-0.3, -0.25) is 0 Å². The van der Waals surface area contributed by atoms with Gasteiger partial charge in [-0.15, -0.1) is 0 Å². The van der Waals surface area contributed by atoms with Gasteiger partial charge in [-0.05, 0) is 43.7 Å². The number of piperazine rings is 1. The first-order valence-corrected chi connectivity index (χ1v) is 11.4. The second-order valence-electron chi connectivity index (χ2n) is 7.78. The molecular formula is C22H24F3N3O3S. The molecular weight excluding hydrogens is 443 g/mol. The van der Waals surface area contributed by atoms with E-state index in [9.17, 15) is 21.6 Å². The lowest BCUT2D eigenvalue weighted by atomic mass is 10.1. The molecule has 0 radical (unpaired) electrons. The van der Waals surface area contributed by atoms with Gasteiger partial charge in [0.1, 0.15) is 0 Å². The molecule has 0 saturated carbocycles. The maximum absolute atomic E-state index is 13.4. The van der Waals surface area contributed by atoms with Crippen molar-refractivity contribution in [2.75, 3.05) is 38.3 Å². The van der Waals surface area contributed by atoms with Crippen LogP contribution in [-0.2, 0) is 20.9 Å². The Hall–Kier alpha value is -2.61. The number of anilines is 1. The zero-order valence-corrected chi connectivity index (χ0v) is 18.8. The zero-order valence-electron chi connectivity index (χ0n) is 18.0. The normalized spacial score (nSPS) is 17.9. The minimum absolute atomic E-state index is 0.0864. The molecule has 1 aliphatic rings. The summed E-state index contributed by atoms with van der Waals surface area (Å²) < 4.78 is 73.5. The second kappa shape index (κ2) is 9.10. The number of aryl methyl sites for hydroxylation is 2. The molecule has 2 aromatic rings. The maximum Gasteiger partial charge on any atom is 0.417 e. The fourth-order valence-electron chi connectivity index (χ4n) is 3.99. The SMILES string of the molecule is COCC1CN(c2ccc(C#N)c(C(F)(F)F)c2)CCN1S(=O)(=O)c1ccc(C)cc1C. The largest absolute Gasteiger partial charge is 0.417 e. The quantitative estimate of drug-likeness (QED) is 0.670. The molecule has 1 unspecified atom stereocenters. The van der Waals surface area contributed by atoms with E-state index in [4.69, 9.17) is 10.00 Å². The summed E-state index contributed by atoms with van der Waals surface area (Å²) in [6.07, 6.45) is -4.67. The monoisotopic (exact) mass is 467 g/mol. The molecule has 32 heavy (non-hydrogen) atoms. The Morgan fingerprint density at radius 3 is 2.47 bits per heavy atom. The highest BCUT2D eigenvalue weighted by molar-refractivity contribution is 7.89. The lowest BCUT2D eigenvalue weighted by molar-refractivity contribution is -0.137. The number of benzene rings is 2. The van der Waals surface area contributed by atoms with Gasteiger partial charge in [-0.1, -0.05) is 17.7 Å². The van der Waals surface area contributed by atoms with Gasteiger partial charge in [-0.2, -0.15) is 22.7 Å². The summed E-state index contributed by atoms with van der Waals surface area (Å²) in [6.45, 7) is 4.14. The Labute approximate surface area is 185 Å². The van der Waals surface area contributed by atoms with E-state index in [1.807, 2.05) is 6.92 Å². The number of sulfonamides is 1.